The molecule has 4 nitrogen and oxygen atoms in total. The Labute approximate surface area is 230 Å². The molecule has 0 aromatic heterocycles. The monoisotopic (exact) mass is 570 g/mol. The summed E-state index contributed by atoms with van der Waals surface area (Å²) in [6.45, 7) is 2.87. The van der Waals surface area contributed by atoms with E-state index in [1.165, 1.54) is 19.3 Å². The maximum Gasteiger partial charge on any atom is 0.341 e. The van der Waals surface area contributed by atoms with Crippen LogP contribution in [0.4, 0.5) is 0 Å². The van der Waals surface area contributed by atoms with Gasteiger partial charge in [-0.3, -0.25) is 0 Å². The van der Waals surface area contributed by atoms with E-state index in [4.69, 9.17) is 42.7 Å². The Morgan fingerprint density at radius 3 is 2.19 bits per heavy atom. The van der Waals surface area contributed by atoms with E-state index in [1.807, 2.05) is 42.5 Å². The van der Waals surface area contributed by atoms with E-state index in [1.54, 1.807) is 13.2 Å². The highest BCUT2D eigenvalue weighted by Gasteiger charge is 2.23. The van der Waals surface area contributed by atoms with Gasteiger partial charge in [0, 0.05) is 5.57 Å². The summed E-state index contributed by atoms with van der Waals surface area (Å²) in [6.07, 6.45) is 10.4. The molecule has 0 amide bonds. The van der Waals surface area contributed by atoms with Gasteiger partial charge in [0.2, 0.25) is 0 Å². The summed E-state index contributed by atoms with van der Waals surface area (Å²) in [4.78, 5) is 11.7. The van der Waals surface area contributed by atoms with E-state index in [0.717, 1.165) is 54.5 Å². The summed E-state index contributed by atoms with van der Waals surface area (Å²) in [6, 6.07) is 11.9. The number of benzene rings is 2. The smallest absolute Gasteiger partial charge is 0.341 e. The Bertz CT molecular complexity index is 972. The predicted molar refractivity (Wildman–Crippen MR) is 155 cm³/mol. The van der Waals surface area contributed by atoms with Crippen LogP contribution in [0.3, 0.4) is 0 Å². The van der Waals surface area contributed by atoms with Crippen molar-refractivity contribution in [2.75, 3.05) is 13.7 Å². The fourth-order valence-corrected chi connectivity index (χ4v) is 5.74. The van der Waals surface area contributed by atoms with E-state index < -0.39 is 12.0 Å². The van der Waals surface area contributed by atoms with Crippen molar-refractivity contribution in [3.63, 3.8) is 0 Å². The Morgan fingerprint density at radius 1 is 0.889 bits per heavy atom. The molecular weight excluding hydrogens is 535 g/mol. The molecule has 2 rings (SSSR count). The van der Waals surface area contributed by atoms with Crippen molar-refractivity contribution in [2.45, 2.75) is 70.8 Å². The van der Waals surface area contributed by atoms with Crippen LogP contribution in [0.1, 0.15) is 70.3 Å². The zero-order valence-corrected chi connectivity index (χ0v) is 24.5. The Kier molecular flexibility index (Phi) is 13.8. The van der Waals surface area contributed by atoms with Crippen LogP contribution in [0.5, 0.6) is 11.5 Å². The predicted octanol–water partition coefficient (Wildman–Crippen LogP) is 9.40. The molecule has 0 saturated carbocycles. The number of carboxylic acid groups (broad SMARTS) is 1. The first-order chi connectivity index (χ1) is 17.2. The van der Waals surface area contributed by atoms with Gasteiger partial charge in [-0.1, -0.05) is 75.8 Å². The van der Waals surface area contributed by atoms with Crippen molar-refractivity contribution in [2.24, 2.45) is 0 Å². The summed E-state index contributed by atoms with van der Waals surface area (Å²) in [5.74, 6) is 0.567. The Morgan fingerprint density at radius 2 is 1.56 bits per heavy atom. The second-order valence-corrected chi connectivity index (χ2v) is 18.2. The number of ether oxygens (including phenoxy) is 2. The van der Waals surface area contributed by atoms with Crippen LogP contribution < -0.4 is 9.47 Å². The maximum atomic E-state index is 11.7. The molecule has 0 radical (unpaired) electrons. The van der Waals surface area contributed by atoms with Gasteiger partial charge in [-0.25, -0.2) is 4.79 Å². The molecule has 0 aliphatic heterocycles. The highest BCUT2D eigenvalue weighted by Crippen LogP contribution is 2.33. The lowest BCUT2D eigenvalue weighted by atomic mass is 10.0. The third-order valence-electron chi connectivity index (χ3n) is 5.94. The number of carbonyl (C=O) groups is 1. The van der Waals surface area contributed by atoms with Gasteiger partial charge in [-0.2, -0.15) is 0 Å². The summed E-state index contributed by atoms with van der Waals surface area (Å²) in [5, 5.41) is 9.62. The number of unbranched alkanes of at least 4 members (excludes halogenated alkanes) is 6. The topological polar surface area (TPSA) is 55.8 Å². The molecule has 2 aromatic carbocycles. The van der Waals surface area contributed by atoms with Crippen molar-refractivity contribution in [1.82, 2.24) is 0 Å². The molecule has 0 unspecified atom stereocenters. The lowest BCUT2D eigenvalue weighted by Crippen LogP contribution is -2.07. The van der Waals surface area contributed by atoms with Crippen LogP contribution >= 0.6 is 33.2 Å². The van der Waals surface area contributed by atoms with Crippen molar-refractivity contribution in [3.05, 3.63) is 53.6 Å². The van der Waals surface area contributed by atoms with E-state index in [0.29, 0.717) is 30.4 Å². The number of hydrogen-bond acceptors (Lipinski definition) is 3. The van der Waals surface area contributed by atoms with E-state index in [2.05, 4.69) is 6.92 Å². The zero-order valence-electron chi connectivity index (χ0n) is 21.2. The maximum absolute atomic E-state index is 11.7. The first-order valence-electron chi connectivity index (χ1n) is 12.7. The highest BCUT2D eigenvalue weighted by molar-refractivity contribution is 7.64. The van der Waals surface area contributed by atoms with Crippen LogP contribution in [-0.2, 0) is 4.79 Å². The van der Waals surface area contributed by atoms with Crippen LogP contribution in [0, 0.1) is 0 Å². The summed E-state index contributed by atoms with van der Waals surface area (Å²) in [7, 11) is 1.65. The van der Waals surface area contributed by atoms with Crippen LogP contribution in [0.15, 0.2) is 48.0 Å². The molecule has 36 heavy (non-hydrogen) atoms. The third kappa shape index (κ3) is 11.6. The van der Waals surface area contributed by atoms with Gasteiger partial charge < -0.3 is 14.6 Å². The molecule has 198 valence electrons. The van der Waals surface area contributed by atoms with Crippen LogP contribution in [0.2, 0.25) is 6.04 Å². The van der Waals surface area contributed by atoms with E-state index in [-0.39, 0.29) is 0 Å². The average Bonchev–Trinajstić information content (AvgIpc) is 2.85. The number of carboxylic acids is 1. The van der Waals surface area contributed by atoms with Crippen molar-refractivity contribution in [1.29, 1.82) is 0 Å². The molecule has 0 heterocycles. The molecule has 1 N–H and O–H groups in total. The fraction of sp³-hybridized carbons (Fsp3) is 0.464. The average molecular weight is 572 g/mol. The van der Waals surface area contributed by atoms with Gasteiger partial charge >= 0.3 is 12.0 Å². The minimum absolute atomic E-state index is 0.403. The quantitative estimate of drug-likeness (QED) is 0.0889. The minimum Gasteiger partial charge on any atom is -0.493 e. The molecule has 0 aliphatic rings. The van der Waals surface area contributed by atoms with Gasteiger partial charge in [-0.15, -0.1) is 33.2 Å². The summed E-state index contributed by atoms with van der Waals surface area (Å²) >= 11 is 17.7. The number of hydrogen-bond donors (Lipinski definition) is 1. The molecule has 2 aromatic rings. The molecule has 8 heteroatoms. The van der Waals surface area contributed by atoms with Crippen molar-refractivity contribution in [3.8, 4) is 22.6 Å². The molecule has 0 aliphatic carbocycles. The van der Waals surface area contributed by atoms with Crippen LogP contribution in [-0.4, -0.2) is 30.8 Å². The lowest BCUT2D eigenvalue weighted by molar-refractivity contribution is -0.132. The van der Waals surface area contributed by atoms with Gasteiger partial charge in [0.1, 0.15) is 0 Å². The zero-order chi connectivity index (χ0) is 26.4. The first-order valence-corrected chi connectivity index (χ1v) is 17.9. The van der Waals surface area contributed by atoms with Crippen molar-refractivity contribution >= 4 is 51.3 Å². The number of aliphatic carboxylic acids is 1. The second-order valence-electron chi connectivity index (χ2n) is 8.90. The summed E-state index contributed by atoms with van der Waals surface area (Å²) in [5.41, 5.74) is 3.30. The van der Waals surface area contributed by atoms with Gasteiger partial charge in [0.05, 0.1) is 13.7 Å². The number of methoxy groups -OCH3 is 1. The van der Waals surface area contributed by atoms with Crippen LogP contribution in [0.25, 0.3) is 17.2 Å². The normalized spacial score (nSPS) is 12.0. The van der Waals surface area contributed by atoms with E-state index in [9.17, 15) is 9.90 Å². The van der Waals surface area contributed by atoms with E-state index >= 15 is 0 Å². The third-order valence-corrected chi connectivity index (χ3v) is 8.56. The number of rotatable bonds is 17. The SMILES string of the molecule is CCCCCCOc1ccc(-c2ccc(/C=C(\CCCCCC[Si](Cl)(Cl)Cl)C(=O)O)cc2)cc1OC. The van der Waals surface area contributed by atoms with Gasteiger partial charge in [-0.05, 0) is 60.2 Å². The molecule has 0 spiro atoms. The standard InChI is InChI=1S/C28H37Cl3O4Si/c1-3-4-5-9-18-35-26-17-16-24(21-27(26)34-2)23-14-12-22(13-15-23)20-25(28(32)33)11-8-6-7-10-19-36(29,30)31/h12-17,20-21H,3-11,18-19H2,1-2H3,(H,32,33)/b25-20+. The molecule has 0 bridgehead atoms. The Hall–Kier alpha value is -1.66. The molecular formula is C28H37Cl3O4Si. The highest BCUT2D eigenvalue weighted by atomic mass is 35.8. The van der Waals surface area contributed by atoms with Crippen molar-refractivity contribution < 1.29 is 19.4 Å². The number of halogens is 3. The molecule has 0 fully saturated rings. The fourth-order valence-electron chi connectivity index (χ4n) is 3.89. The lowest BCUT2D eigenvalue weighted by Gasteiger charge is -2.12. The molecule has 0 saturated heterocycles. The van der Waals surface area contributed by atoms with Gasteiger partial charge in [0.25, 0.3) is 0 Å². The first kappa shape index (κ1) is 30.6. The van der Waals surface area contributed by atoms with Gasteiger partial charge in [0.15, 0.2) is 11.5 Å². The second kappa shape index (κ2) is 16.2. The largest absolute Gasteiger partial charge is 0.493 e. The summed E-state index contributed by atoms with van der Waals surface area (Å²) < 4.78 is 11.5. The minimum atomic E-state index is -2.56. The Balaban J connectivity index is 1.97. The molecule has 0 atom stereocenters.